The highest BCUT2D eigenvalue weighted by atomic mass is 35.5. The minimum absolute atomic E-state index is 0.125. The molecule has 0 unspecified atom stereocenters. The summed E-state index contributed by atoms with van der Waals surface area (Å²) in [5.41, 5.74) is 2.62. The molecule has 2 heterocycles. The Morgan fingerprint density at radius 1 is 1.22 bits per heavy atom. The van der Waals surface area contributed by atoms with E-state index in [1.165, 1.54) is 0 Å². The fourth-order valence-electron chi connectivity index (χ4n) is 3.76. The molecule has 1 saturated heterocycles. The van der Waals surface area contributed by atoms with Crippen molar-refractivity contribution in [2.24, 2.45) is 0 Å². The molecule has 4 rings (SSSR count). The van der Waals surface area contributed by atoms with E-state index < -0.39 is 5.60 Å². The van der Waals surface area contributed by atoms with Gasteiger partial charge < -0.3 is 9.64 Å². The summed E-state index contributed by atoms with van der Waals surface area (Å²) in [6.45, 7) is 3.72. The van der Waals surface area contributed by atoms with Gasteiger partial charge in [-0.15, -0.1) is 0 Å². The maximum Gasteiger partial charge on any atom is 0.233 e. The van der Waals surface area contributed by atoms with Crippen LogP contribution in [0.15, 0.2) is 48.5 Å². The first-order valence-corrected chi connectivity index (χ1v) is 8.20. The first-order chi connectivity index (χ1) is 11.1. The number of hydrogen-bond acceptors (Lipinski definition) is 2. The molecule has 0 spiro atoms. The number of carbonyl (C=O) groups excluding carboxylic acids is 1. The van der Waals surface area contributed by atoms with Gasteiger partial charge in [0, 0.05) is 17.1 Å². The van der Waals surface area contributed by atoms with E-state index >= 15 is 0 Å². The number of benzene rings is 2. The number of fused-ring (bicyclic) bond motifs is 3. The highest BCUT2D eigenvalue weighted by molar-refractivity contribution is 6.31. The van der Waals surface area contributed by atoms with Gasteiger partial charge in [-0.05, 0) is 24.1 Å². The molecule has 2 atom stereocenters. The normalized spacial score (nSPS) is 26.1. The van der Waals surface area contributed by atoms with Crippen LogP contribution in [0.2, 0.25) is 5.02 Å². The van der Waals surface area contributed by atoms with Gasteiger partial charge in [-0.2, -0.15) is 0 Å². The Morgan fingerprint density at radius 3 is 2.78 bits per heavy atom. The SMILES string of the molecule is C[C@]12CN(Cc3ccccc3)C(=O)[C@@H]1c1cccc(Cl)c1CO2. The average Bonchev–Trinajstić information content (AvgIpc) is 2.80. The summed E-state index contributed by atoms with van der Waals surface area (Å²) in [6, 6.07) is 15.8. The lowest BCUT2D eigenvalue weighted by atomic mass is 9.81. The Morgan fingerprint density at radius 2 is 2.00 bits per heavy atom. The van der Waals surface area contributed by atoms with E-state index in [4.69, 9.17) is 16.3 Å². The first-order valence-electron chi connectivity index (χ1n) is 7.82. The molecule has 2 aliphatic heterocycles. The van der Waals surface area contributed by atoms with Crippen molar-refractivity contribution in [1.82, 2.24) is 4.90 Å². The number of amides is 1. The minimum Gasteiger partial charge on any atom is -0.368 e. The van der Waals surface area contributed by atoms with Gasteiger partial charge in [0.2, 0.25) is 5.91 Å². The molecule has 23 heavy (non-hydrogen) atoms. The first kappa shape index (κ1) is 14.7. The summed E-state index contributed by atoms with van der Waals surface area (Å²) in [4.78, 5) is 14.9. The third-order valence-electron chi connectivity index (χ3n) is 4.90. The van der Waals surface area contributed by atoms with Crippen molar-refractivity contribution in [2.45, 2.75) is 31.6 Å². The van der Waals surface area contributed by atoms with Gasteiger partial charge in [-0.25, -0.2) is 0 Å². The second-order valence-electron chi connectivity index (χ2n) is 6.52. The fourth-order valence-corrected chi connectivity index (χ4v) is 3.99. The Balaban J connectivity index is 1.69. The van der Waals surface area contributed by atoms with Crippen LogP contribution in [0.5, 0.6) is 0 Å². The van der Waals surface area contributed by atoms with Crippen molar-refractivity contribution in [2.75, 3.05) is 6.54 Å². The lowest BCUT2D eigenvalue weighted by Crippen LogP contribution is -2.40. The summed E-state index contributed by atoms with van der Waals surface area (Å²) in [7, 11) is 0. The minimum atomic E-state index is -0.483. The van der Waals surface area contributed by atoms with Crippen molar-refractivity contribution in [3.05, 3.63) is 70.2 Å². The largest absolute Gasteiger partial charge is 0.368 e. The van der Waals surface area contributed by atoms with Crippen LogP contribution in [-0.2, 0) is 22.7 Å². The zero-order chi connectivity index (χ0) is 16.0. The molecule has 0 N–H and O–H groups in total. The molecular formula is C19H18ClNO2. The maximum absolute atomic E-state index is 13.0. The third kappa shape index (κ3) is 2.35. The number of ether oxygens (including phenoxy) is 1. The summed E-state index contributed by atoms with van der Waals surface area (Å²) in [5, 5.41) is 0.679. The van der Waals surface area contributed by atoms with Gasteiger partial charge in [0.1, 0.15) is 0 Å². The molecule has 0 saturated carbocycles. The van der Waals surface area contributed by atoms with E-state index in [0.29, 0.717) is 24.7 Å². The maximum atomic E-state index is 13.0. The summed E-state index contributed by atoms with van der Waals surface area (Å²) in [6.07, 6.45) is 0. The van der Waals surface area contributed by atoms with E-state index in [1.54, 1.807) is 0 Å². The van der Waals surface area contributed by atoms with Crippen LogP contribution in [0.4, 0.5) is 0 Å². The standard InChI is InChI=1S/C19H18ClNO2/c1-19-12-21(10-13-6-3-2-4-7-13)18(22)17(19)14-8-5-9-16(20)15(14)11-23-19/h2-9,17H,10-12H2,1H3/t17-,19-/m0/s1. The van der Waals surface area contributed by atoms with Gasteiger partial charge in [0.05, 0.1) is 24.7 Å². The molecule has 0 bridgehead atoms. The number of carbonyl (C=O) groups is 1. The smallest absolute Gasteiger partial charge is 0.233 e. The second-order valence-corrected chi connectivity index (χ2v) is 6.93. The molecule has 3 nitrogen and oxygen atoms in total. The predicted octanol–water partition coefficient (Wildman–Crippen LogP) is 3.75. The van der Waals surface area contributed by atoms with Crippen LogP contribution in [0.3, 0.4) is 0 Å². The fraction of sp³-hybridized carbons (Fsp3) is 0.316. The zero-order valence-electron chi connectivity index (χ0n) is 13.0. The molecule has 0 aliphatic carbocycles. The van der Waals surface area contributed by atoms with Gasteiger partial charge in [-0.1, -0.05) is 54.1 Å². The molecule has 1 fully saturated rings. The lowest BCUT2D eigenvalue weighted by molar-refractivity contribution is -0.131. The number of likely N-dealkylation sites (tertiary alicyclic amines) is 1. The molecule has 4 heteroatoms. The quantitative estimate of drug-likeness (QED) is 0.840. The monoisotopic (exact) mass is 327 g/mol. The van der Waals surface area contributed by atoms with E-state index in [0.717, 1.165) is 16.7 Å². The number of nitrogens with zero attached hydrogens (tertiary/aromatic N) is 1. The highest BCUT2D eigenvalue weighted by Gasteiger charge is 2.53. The number of hydrogen-bond donors (Lipinski definition) is 0. The van der Waals surface area contributed by atoms with Gasteiger partial charge in [0.25, 0.3) is 0 Å². The molecule has 2 aliphatic rings. The predicted molar refractivity (Wildman–Crippen MR) is 89.2 cm³/mol. The van der Waals surface area contributed by atoms with Crippen LogP contribution in [0.1, 0.15) is 29.5 Å². The van der Waals surface area contributed by atoms with E-state index in [-0.39, 0.29) is 11.8 Å². The zero-order valence-corrected chi connectivity index (χ0v) is 13.7. The number of rotatable bonds is 2. The average molecular weight is 328 g/mol. The van der Waals surface area contributed by atoms with Crippen molar-refractivity contribution >= 4 is 17.5 Å². The Kier molecular flexibility index (Phi) is 3.43. The van der Waals surface area contributed by atoms with Crippen molar-refractivity contribution in [3.63, 3.8) is 0 Å². The van der Waals surface area contributed by atoms with Crippen LogP contribution < -0.4 is 0 Å². The van der Waals surface area contributed by atoms with Crippen LogP contribution in [-0.4, -0.2) is 23.0 Å². The Bertz CT molecular complexity index is 761. The molecule has 2 aromatic carbocycles. The van der Waals surface area contributed by atoms with Crippen LogP contribution in [0, 0.1) is 0 Å². The van der Waals surface area contributed by atoms with E-state index in [9.17, 15) is 4.79 Å². The molecular weight excluding hydrogens is 310 g/mol. The van der Waals surface area contributed by atoms with Crippen molar-refractivity contribution < 1.29 is 9.53 Å². The van der Waals surface area contributed by atoms with Gasteiger partial charge >= 0.3 is 0 Å². The molecule has 0 aromatic heterocycles. The van der Waals surface area contributed by atoms with Crippen molar-refractivity contribution in [1.29, 1.82) is 0 Å². The van der Waals surface area contributed by atoms with Crippen molar-refractivity contribution in [3.8, 4) is 0 Å². The Labute approximate surface area is 140 Å². The molecule has 2 aromatic rings. The molecule has 0 radical (unpaired) electrons. The number of halogens is 1. The van der Waals surface area contributed by atoms with Gasteiger partial charge in [-0.3, -0.25) is 4.79 Å². The Hall–Kier alpha value is -1.84. The molecule has 118 valence electrons. The molecule has 1 amide bonds. The summed E-state index contributed by atoms with van der Waals surface area (Å²) >= 11 is 6.29. The third-order valence-corrected chi connectivity index (χ3v) is 5.26. The van der Waals surface area contributed by atoms with Crippen LogP contribution >= 0.6 is 11.6 Å². The van der Waals surface area contributed by atoms with Gasteiger partial charge in [0.15, 0.2) is 0 Å². The van der Waals surface area contributed by atoms with E-state index in [2.05, 4.69) is 0 Å². The topological polar surface area (TPSA) is 29.5 Å². The summed E-state index contributed by atoms with van der Waals surface area (Å²) < 4.78 is 6.09. The second kappa shape index (κ2) is 5.36. The summed E-state index contributed by atoms with van der Waals surface area (Å²) in [5.74, 6) is -0.145. The van der Waals surface area contributed by atoms with E-state index in [1.807, 2.05) is 60.4 Å². The lowest BCUT2D eigenvalue weighted by Gasteiger charge is -2.35. The highest BCUT2D eigenvalue weighted by Crippen LogP contribution is 2.46. The van der Waals surface area contributed by atoms with Crippen LogP contribution in [0.25, 0.3) is 0 Å².